The summed E-state index contributed by atoms with van der Waals surface area (Å²) in [6, 6.07) is 17.0. The normalized spacial score (nSPS) is 12.6. The molecule has 0 aromatic heterocycles. The fourth-order valence-electron chi connectivity index (χ4n) is 2.39. The maximum absolute atomic E-state index is 3.00. The van der Waals surface area contributed by atoms with E-state index in [-0.39, 0.29) is 0 Å². The number of fused-ring (bicyclic) bond motifs is 2. The summed E-state index contributed by atoms with van der Waals surface area (Å²) in [6.45, 7) is 6.00. The topological polar surface area (TPSA) is 0 Å². The van der Waals surface area contributed by atoms with Crippen LogP contribution in [0.15, 0.2) is 73.8 Å². The van der Waals surface area contributed by atoms with Crippen molar-refractivity contribution in [2.75, 3.05) is 0 Å². The van der Waals surface area contributed by atoms with Crippen LogP contribution in [-0.4, -0.2) is 0 Å². The standard InChI is InChI=1S/2C9H8.C2H4/c2*1-2-5-9-7-3-6-8(9)4-1;1-2/h2*1-6H,7H2;1-2H2. The van der Waals surface area contributed by atoms with E-state index in [4.69, 9.17) is 0 Å². The predicted molar refractivity (Wildman–Crippen MR) is 89.6 cm³/mol. The number of rotatable bonds is 0. The van der Waals surface area contributed by atoms with E-state index >= 15 is 0 Å². The van der Waals surface area contributed by atoms with Crippen LogP contribution in [0.3, 0.4) is 0 Å². The number of allylic oxidation sites excluding steroid dienone is 2. The van der Waals surface area contributed by atoms with Gasteiger partial charge in [-0.1, -0.05) is 72.8 Å². The summed E-state index contributed by atoms with van der Waals surface area (Å²) in [7, 11) is 0. The highest BCUT2D eigenvalue weighted by Crippen LogP contribution is 2.18. The van der Waals surface area contributed by atoms with Crippen molar-refractivity contribution in [2.45, 2.75) is 12.8 Å². The van der Waals surface area contributed by atoms with Crippen molar-refractivity contribution in [1.29, 1.82) is 0 Å². The van der Waals surface area contributed by atoms with Gasteiger partial charge in [-0.25, -0.2) is 0 Å². The average molecular weight is 260 g/mol. The van der Waals surface area contributed by atoms with E-state index in [2.05, 4.69) is 86.0 Å². The van der Waals surface area contributed by atoms with Gasteiger partial charge in [0.25, 0.3) is 0 Å². The molecule has 0 heterocycles. The van der Waals surface area contributed by atoms with Crippen LogP contribution < -0.4 is 0 Å². The third-order valence-electron chi connectivity index (χ3n) is 3.38. The van der Waals surface area contributed by atoms with Crippen molar-refractivity contribution in [3.8, 4) is 0 Å². The lowest BCUT2D eigenvalue weighted by Gasteiger charge is -1.93. The highest BCUT2D eigenvalue weighted by atomic mass is 14.1. The summed E-state index contributed by atoms with van der Waals surface area (Å²) in [4.78, 5) is 0. The largest absolute Gasteiger partial charge is 0.106 e. The van der Waals surface area contributed by atoms with Crippen molar-refractivity contribution in [3.05, 3.63) is 96.1 Å². The Bertz CT molecular complexity index is 562. The highest BCUT2D eigenvalue weighted by molar-refractivity contribution is 5.60. The molecule has 4 rings (SSSR count). The monoisotopic (exact) mass is 260 g/mol. The molecule has 100 valence electrons. The van der Waals surface area contributed by atoms with E-state index in [0.29, 0.717) is 0 Å². The molecule has 0 saturated carbocycles. The zero-order chi connectivity index (χ0) is 14.2. The molecule has 2 aliphatic rings. The molecule has 2 aliphatic carbocycles. The Balaban J connectivity index is 0.000000131. The summed E-state index contributed by atoms with van der Waals surface area (Å²) in [5.74, 6) is 0. The zero-order valence-electron chi connectivity index (χ0n) is 11.8. The lowest BCUT2D eigenvalue weighted by atomic mass is 10.1. The maximum atomic E-state index is 3.00. The Morgan fingerprint density at radius 3 is 1.40 bits per heavy atom. The van der Waals surface area contributed by atoms with Gasteiger partial charge >= 0.3 is 0 Å². The Morgan fingerprint density at radius 1 is 0.600 bits per heavy atom. The summed E-state index contributed by atoms with van der Waals surface area (Å²) in [5, 5.41) is 0. The van der Waals surface area contributed by atoms with Gasteiger partial charge < -0.3 is 0 Å². The number of benzene rings is 2. The first-order valence-electron chi connectivity index (χ1n) is 6.92. The molecule has 0 heteroatoms. The molecule has 0 atom stereocenters. The van der Waals surface area contributed by atoms with Gasteiger partial charge in [-0.05, 0) is 35.1 Å². The molecule has 0 saturated heterocycles. The van der Waals surface area contributed by atoms with Crippen LogP contribution in [0.2, 0.25) is 0 Å². The minimum absolute atomic E-state index is 1.12. The van der Waals surface area contributed by atoms with E-state index in [1.807, 2.05) is 0 Å². The lowest BCUT2D eigenvalue weighted by molar-refractivity contribution is 1.31. The van der Waals surface area contributed by atoms with Crippen LogP contribution in [0.1, 0.15) is 22.3 Å². The van der Waals surface area contributed by atoms with Crippen molar-refractivity contribution in [3.63, 3.8) is 0 Å². The van der Waals surface area contributed by atoms with Gasteiger partial charge in [-0.3, -0.25) is 0 Å². The number of hydrogen-bond acceptors (Lipinski definition) is 0. The minimum atomic E-state index is 1.12. The molecule has 20 heavy (non-hydrogen) atoms. The van der Waals surface area contributed by atoms with Gasteiger partial charge in [-0.15, -0.1) is 13.2 Å². The van der Waals surface area contributed by atoms with Gasteiger partial charge in [0.15, 0.2) is 0 Å². The molecule has 2 aromatic carbocycles. The smallest absolute Gasteiger partial charge is 0.00882 e. The Labute approximate surface area is 121 Å². The van der Waals surface area contributed by atoms with Crippen LogP contribution in [-0.2, 0) is 12.8 Å². The van der Waals surface area contributed by atoms with E-state index in [0.717, 1.165) is 12.8 Å². The van der Waals surface area contributed by atoms with Gasteiger partial charge in [-0.2, -0.15) is 0 Å². The van der Waals surface area contributed by atoms with Gasteiger partial charge in [0, 0.05) is 0 Å². The van der Waals surface area contributed by atoms with Crippen molar-refractivity contribution >= 4 is 12.2 Å². The summed E-state index contributed by atoms with van der Waals surface area (Å²) in [6.07, 6.45) is 11.0. The molecular formula is C20H20. The SMILES string of the molecule is C1=Cc2ccccc2C1.C1=Cc2ccccc2C1.C=C. The summed E-state index contributed by atoms with van der Waals surface area (Å²) >= 11 is 0. The molecule has 0 N–H and O–H groups in total. The molecule has 0 unspecified atom stereocenters. The number of hydrogen-bond donors (Lipinski definition) is 0. The second-order valence-electron chi connectivity index (χ2n) is 4.61. The van der Waals surface area contributed by atoms with E-state index in [1.165, 1.54) is 22.3 Å². The molecule has 0 aliphatic heterocycles. The second kappa shape index (κ2) is 7.30. The fraction of sp³-hybridized carbons (Fsp3) is 0.100. The molecule has 0 spiro atoms. The maximum Gasteiger partial charge on any atom is -0.00882 e. The first-order chi connectivity index (χ1) is 9.93. The summed E-state index contributed by atoms with van der Waals surface area (Å²) < 4.78 is 0. The highest BCUT2D eigenvalue weighted by Gasteiger charge is 2.00. The van der Waals surface area contributed by atoms with Gasteiger partial charge in [0.1, 0.15) is 0 Å². The van der Waals surface area contributed by atoms with Crippen LogP contribution in [0.4, 0.5) is 0 Å². The minimum Gasteiger partial charge on any atom is -0.106 e. The second-order valence-corrected chi connectivity index (χ2v) is 4.61. The molecule has 2 aromatic rings. The lowest BCUT2D eigenvalue weighted by Crippen LogP contribution is -1.76. The first-order valence-corrected chi connectivity index (χ1v) is 6.92. The Kier molecular flexibility index (Phi) is 5.14. The molecule has 0 amide bonds. The third-order valence-corrected chi connectivity index (χ3v) is 3.38. The molecule has 0 radical (unpaired) electrons. The van der Waals surface area contributed by atoms with Crippen molar-refractivity contribution < 1.29 is 0 Å². The molecule has 0 nitrogen and oxygen atoms in total. The van der Waals surface area contributed by atoms with Crippen LogP contribution in [0.5, 0.6) is 0 Å². The van der Waals surface area contributed by atoms with Crippen molar-refractivity contribution in [1.82, 2.24) is 0 Å². The zero-order valence-corrected chi connectivity index (χ0v) is 11.8. The van der Waals surface area contributed by atoms with Crippen LogP contribution in [0.25, 0.3) is 12.2 Å². The van der Waals surface area contributed by atoms with Gasteiger partial charge in [0.05, 0.1) is 0 Å². The molecular weight excluding hydrogens is 240 g/mol. The predicted octanol–water partition coefficient (Wildman–Crippen LogP) is 5.31. The molecule has 0 bridgehead atoms. The van der Waals surface area contributed by atoms with E-state index < -0.39 is 0 Å². The van der Waals surface area contributed by atoms with Crippen LogP contribution in [0, 0.1) is 0 Å². The Hall–Kier alpha value is -2.34. The van der Waals surface area contributed by atoms with E-state index in [1.54, 1.807) is 0 Å². The molecule has 0 fully saturated rings. The van der Waals surface area contributed by atoms with Crippen molar-refractivity contribution in [2.24, 2.45) is 0 Å². The van der Waals surface area contributed by atoms with E-state index in [9.17, 15) is 0 Å². The Morgan fingerprint density at radius 2 is 1.00 bits per heavy atom. The first kappa shape index (κ1) is 14.1. The summed E-state index contributed by atoms with van der Waals surface area (Å²) in [5.41, 5.74) is 5.69. The fourth-order valence-corrected chi connectivity index (χ4v) is 2.39. The third kappa shape index (κ3) is 3.36. The average Bonchev–Trinajstić information content (AvgIpc) is 3.18. The quantitative estimate of drug-likeness (QED) is 0.563. The van der Waals surface area contributed by atoms with Gasteiger partial charge in [0.2, 0.25) is 0 Å². The van der Waals surface area contributed by atoms with Crippen LogP contribution >= 0.6 is 0 Å².